The first-order valence-corrected chi connectivity index (χ1v) is 21.1. The van der Waals surface area contributed by atoms with E-state index in [1.807, 2.05) is 48.5 Å². The van der Waals surface area contributed by atoms with E-state index >= 15 is 0 Å². The van der Waals surface area contributed by atoms with Crippen LogP contribution in [0.15, 0.2) is 48.5 Å². The fourth-order valence-corrected chi connectivity index (χ4v) is 6.36. The Bertz CT molecular complexity index is 1040. The number of hydrogen-bond donors (Lipinski definition) is 5. The molecule has 0 saturated heterocycles. The van der Waals surface area contributed by atoms with E-state index in [-0.39, 0.29) is 0 Å². The first kappa shape index (κ1) is 44.8. The number of hydrogen-bond acceptors (Lipinski definition) is 7. The molecule has 5 N–H and O–H groups in total. The van der Waals surface area contributed by atoms with Crippen molar-refractivity contribution in [2.75, 3.05) is 55.5 Å². The predicted molar refractivity (Wildman–Crippen MR) is 220 cm³/mol. The molecule has 2 atom stereocenters. The molecular formula is C44H77N3O4. The van der Waals surface area contributed by atoms with Gasteiger partial charge in [0, 0.05) is 37.7 Å². The lowest BCUT2D eigenvalue weighted by molar-refractivity contribution is 0.0414. The van der Waals surface area contributed by atoms with Gasteiger partial charge in [-0.1, -0.05) is 160 Å². The number of aliphatic hydroxyl groups excluding tert-OH is 2. The summed E-state index contributed by atoms with van der Waals surface area (Å²) in [6, 6.07) is 16.1. The lowest BCUT2D eigenvalue weighted by Crippen LogP contribution is -2.27. The lowest BCUT2D eigenvalue weighted by Gasteiger charge is -2.20. The van der Waals surface area contributed by atoms with E-state index in [4.69, 9.17) is 9.47 Å². The minimum atomic E-state index is -0.620. The minimum Gasteiger partial charge on any atom is -0.389 e. The second-order valence-electron chi connectivity index (χ2n) is 14.5. The Hall–Kier alpha value is -2.32. The maximum absolute atomic E-state index is 10.7. The van der Waals surface area contributed by atoms with E-state index in [1.54, 1.807) is 0 Å². The van der Waals surface area contributed by atoms with Gasteiger partial charge in [0.2, 0.25) is 0 Å². The molecule has 0 saturated carbocycles. The molecule has 0 bridgehead atoms. The highest BCUT2D eigenvalue weighted by Crippen LogP contribution is 2.28. The van der Waals surface area contributed by atoms with Crippen molar-refractivity contribution in [3.05, 3.63) is 48.5 Å². The molecule has 2 unspecified atom stereocenters. The smallest absolute Gasteiger partial charge is 0.0945 e. The highest BCUT2D eigenvalue weighted by atomic mass is 16.5. The van der Waals surface area contributed by atoms with Gasteiger partial charge in [-0.25, -0.2) is 0 Å². The van der Waals surface area contributed by atoms with Crippen LogP contribution in [0.5, 0.6) is 0 Å². The fraction of sp³-hybridized carbons (Fsp3) is 0.727. The Kier molecular flexibility index (Phi) is 28.4. The summed E-state index contributed by atoms with van der Waals surface area (Å²) in [5.74, 6) is 0. The second kappa shape index (κ2) is 32.3. The Labute approximate surface area is 313 Å². The Morgan fingerprint density at radius 3 is 1.33 bits per heavy atom. The quantitative estimate of drug-likeness (QED) is 0.0449. The van der Waals surface area contributed by atoms with Gasteiger partial charge in [-0.05, 0) is 43.2 Å². The monoisotopic (exact) mass is 712 g/mol. The second-order valence-corrected chi connectivity index (χ2v) is 14.5. The summed E-state index contributed by atoms with van der Waals surface area (Å²) >= 11 is 0. The molecule has 0 aliphatic heterocycles. The van der Waals surface area contributed by atoms with E-state index in [9.17, 15) is 10.2 Å². The maximum atomic E-state index is 10.7. The van der Waals surface area contributed by atoms with Crippen molar-refractivity contribution < 1.29 is 19.7 Å². The average Bonchev–Trinajstić information content (AvgIpc) is 3.14. The number of rotatable bonds is 36. The standard InChI is InChI=1S/C44H77N3O4/c1-3-5-7-9-11-13-15-17-19-21-26-32-50-37-41(48)35-45-43-31-30-40(47-39-28-24-23-25-29-39)34-44(43)46-36-42(49)38-51-33-27-22-20-18-16-14-12-10-8-6-4-2/h23-25,28-31,34,41-42,45-49H,3-22,26-27,32-33,35-38H2,1-2H3. The van der Waals surface area contributed by atoms with Crippen LogP contribution in [0.4, 0.5) is 22.7 Å². The van der Waals surface area contributed by atoms with Gasteiger partial charge in [0.1, 0.15) is 0 Å². The van der Waals surface area contributed by atoms with Gasteiger partial charge in [-0.15, -0.1) is 0 Å². The summed E-state index contributed by atoms with van der Waals surface area (Å²) in [4.78, 5) is 0. The topological polar surface area (TPSA) is 95.0 Å². The summed E-state index contributed by atoms with van der Waals surface area (Å²) in [6.45, 7) is 7.30. The van der Waals surface area contributed by atoms with Crippen LogP contribution >= 0.6 is 0 Å². The molecule has 2 aromatic carbocycles. The molecule has 0 radical (unpaired) electrons. The zero-order chi connectivity index (χ0) is 36.5. The van der Waals surface area contributed by atoms with E-state index < -0.39 is 12.2 Å². The molecule has 0 aliphatic rings. The first-order chi connectivity index (χ1) is 25.1. The van der Waals surface area contributed by atoms with Crippen LogP contribution < -0.4 is 16.0 Å². The third kappa shape index (κ3) is 25.3. The van der Waals surface area contributed by atoms with Crippen molar-refractivity contribution in [1.29, 1.82) is 0 Å². The molecule has 0 spiro atoms. The number of nitrogens with one attached hydrogen (secondary N) is 3. The van der Waals surface area contributed by atoms with Gasteiger partial charge in [-0.2, -0.15) is 0 Å². The van der Waals surface area contributed by atoms with Crippen LogP contribution in [-0.2, 0) is 9.47 Å². The first-order valence-electron chi connectivity index (χ1n) is 21.1. The SMILES string of the molecule is CCCCCCCCCCCCCOCC(O)CNc1ccc(Nc2ccccc2)cc1NCC(O)COCCCCCCCCCCCCC. The van der Waals surface area contributed by atoms with Gasteiger partial charge in [-0.3, -0.25) is 0 Å². The number of aliphatic hydroxyl groups is 2. The van der Waals surface area contributed by atoms with Crippen LogP contribution in [0, 0.1) is 0 Å². The van der Waals surface area contributed by atoms with Crippen molar-refractivity contribution in [2.45, 2.75) is 167 Å². The van der Waals surface area contributed by atoms with E-state index in [0.717, 1.165) is 35.6 Å². The molecule has 0 amide bonds. The maximum Gasteiger partial charge on any atom is 0.0945 e. The van der Waals surface area contributed by atoms with Crippen molar-refractivity contribution in [2.24, 2.45) is 0 Å². The molecule has 7 nitrogen and oxygen atoms in total. The zero-order valence-corrected chi connectivity index (χ0v) is 32.8. The van der Waals surface area contributed by atoms with Crippen molar-refractivity contribution in [1.82, 2.24) is 0 Å². The van der Waals surface area contributed by atoms with Gasteiger partial charge in [0.15, 0.2) is 0 Å². The third-order valence-electron chi connectivity index (χ3n) is 9.54. The van der Waals surface area contributed by atoms with Crippen molar-refractivity contribution in [3.8, 4) is 0 Å². The fourth-order valence-electron chi connectivity index (χ4n) is 6.36. The van der Waals surface area contributed by atoms with Gasteiger partial charge < -0.3 is 35.6 Å². The predicted octanol–water partition coefficient (Wildman–Crippen LogP) is 11.6. The molecule has 51 heavy (non-hydrogen) atoms. The van der Waals surface area contributed by atoms with Crippen LogP contribution in [-0.4, -0.2) is 61.9 Å². The molecule has 0 aliphatic carbocycles. The lowest BCUT2D eigenvalue weighted by atomic mass is 10.1. The van der Waals surface area contributed by atoms with E-state index in [1.165, 1.54) is 128 Å². The number of ether oxygens (including phenoxy) is 2. The van der Waals surface area contributed by atoms with Gasteiger partial charge in [0.25, 0.3) is 0 Å². The van der Waals surface area contributed by atoms with Crippen molar-refractivity contribution >= 4 is 22.7 Å². The summed E-state index contributed by atoms with van der Waals surface area (Å²) in [7, 11) is 0. The minimum absolute atomic E-state index is 0.310. The number of anilines is 4. The van der Waals surface area contributed by atoms with Crippen LogP contribution in [0.1, 0.15) is 155 Å². The molecular weight excluding hydrogens is 635 g/mol. The molecule has 7 heteroatoms. The third-order valence-corrected chi connectivity index (χ3v) is 9.54. The number of unbranched alkanes of at least 4 members (excludes halogenated alkanes) is 20. The summed E-state index contributed by atoms with van der Waals surface area (Å²) < 4.78 is 11.6. The molecule has 0 aromatic heterocycles. The number of benzene rings is 2. The van der Waals surface area contributed by atoms with Gasteiger partial charge >= 0.3 is 0 Å². The molecule has 0 fully saturated rings. The van der Waals surface area contributed by atoms with Crippen LogP contribution in [0.2, 0.25) is 0 Å². The summed E-state index contributed by atoms with van der Waals surface area (Å²) in [6.07, 6.45) is 27.6. The normalized spacial score (nSPS) is 12.5. The van der Waals surface area contributed by atoms with Crippen LogP contribution in [0.25, 0.3) is 0 Å². The largest absolute Gasteiger partial charge is 0.389 e. The summed E-state index contributed by atoms with van der Waals surface area (Å²) in [5, 5.41) is 31.5. The Morgan fingerprint density at radius 1 is 0.471 bits per heavy atom. The van der Waals surface area contributed by atoms with Crippen molar-refractivity contribution in [3.63, 3.8) is 0 Å². The molecule has 2 rings (SSSR count). The van der Waals surface area contributed by atoms with E-state index in [2.05, 4.69) is 29.8 Å². The van der Waals surface area contributed by atoms with Crippen LogP contribution in [0.3, 0.4) is 0 Å². The zero-order valence-electron chi connectivity index (χ0n) is 32.8. The summed E-state index contributed by atoms with van der Waals surface area (Å²) in [5.41, 5.74) is 3.67. The Morgan fingerprint density at radius 2 is 0.882 bits per heavy atom. The Balaban J connectivity index is 1.65. The van der Waals surface area contributed by atoms with E-state index in [0.29, 0.717) is 39.5 Å². The highest BCUT2D eigenvalue weighted by molar-refractivity contribution is 5.76. The average molecular weight is 712 g/mol. The molecule has 0 heterocycles. The molecule has 292 valence electrons. The highest BCUT2D eigenvalue weighted by Gasteiger charge is 2.11. The number of para-hydroxylation sites is 1. The molecule has 2 aromatic rings. The van der Waals surface area contributed by atoms with Gasteiger partial charge in [0.05, 0.1) is 36.8 Å².